The van der Waals surface area contributed by atoms with E-state index in [2.05, 4.69) is 26.1 Å². The molecule has 0 spiro atoms. The summed E-state index contributed by atoms with van der Waals surface area (Å²) < 4.78 is 0. The number of hydrogen-bond acceptors (Lipinski definition) is 2. The van der Waals surface area contributed by atoms with Crippen LogP contribution in [0.15, 0.2) is 24.3 Å². The highest BCUT2D eigenvalue weighted by molar-refractivity contribution is 5.94. The third kappa shape index (κ3) is 3.62. The number of aromatic carboxylic acids is 1. The van der Waals surface area contributed by atoms with Gasteiger partial charge >= 0.3 is 5.97 Å². The fourth-order valence-corrected chi connectivity index (χ4v) is 1.18. The Hall–Kier alpha value is -1.51. The molecular weight excluding hydrogens is 190 g/mol. The van der Waals surface area contributed by atoms with E-state index in [1.807, 2.05) is 6.07 Å². The van der Waals surface area contributed by atoms with Gasteiger partial charge in [0.2, 0.25) is 0 Å². The van der Waals surface area contributed by atoms with E-state index >= 15 is 0 Å². The summed E-state index contributed by atoms with van der Waals surface area (Å²) in [5.41, 5.74) is 1.13. The van der Waals surface area contributed by atoms with Gasteiger partial charge in [0, 0.05) is 12.2 Å². The first kappa shape index (κ1) is 11.6. The van der Waals surface area contributed by atoms with Crippen LogP contribution in [0.25, 0.3) is 0 Å². The fraction of sp³-hybridized carbons (Fsp3) is 0.417. The second-order valence-corrected chi connectivity index (χ2v) is 4.76. The van der Waals surface area contributed by atoms with Gasteiger partial charge < -0.3 is 10.4 Å². The highest BCUT2D eigenvalue weighted by Gasteiger charge is 2.13. The average Bonchev–Trinajstić information content (AvgIpc) is 2.14. The van der Waals surface area contributed by atoms with Crippen LogP contribution in [0, 0.1) is 5.41 Å². The van der Waals surface area contributed by atoms with Crippen molar-refractivity contribution < 1.29 is 9.90 Å². The molecule has 3 nitrogen and oxygen atoms in total. The zero-order chi connectivity index (χ0) is 11.5. The summed E-state index contributed by atoms with van der Waals surface area (Å²) in [5.74, 6) is -0.896. The predicted molar refractivity (Wildman–Crippen MR) is 61.3 cm³/mol. The van der Waals surface area contributed by atoms with Crippen LogP contribution in [-0.2, 0) is 0 Å². The lowest BCUT2D eigenvalue weighted by atomic mass is 9.96. The van der Waals surface area contributed by atoms with Crippen molar-refractivity contribution in [3.63, 3.8) is 0 Å². The zero-order valence-corrected chi connectivity index (χ0v) is 9.37. The van der Waals surface area contributed by atoms with Crippen molar-refractivity contribution in [1.29, 1.82) is 0 Å². The van der Waals surface area contributed by atoms with E-state index in [0.717, 1.165) is 6.54 Å². The highest BCUT2D eigenvalue weighted by atomic mass is 16.4. The van der Waals surface area contributed by atoms with Crippen LogP contribution in [0.2, 0.25) is 0 Å². The number of carboxylic acids is 1. The van der Waals surface area contributed by atoms with Crippen LogP contribution >= 0.6 is 0 Å². The Morgan fingerprint density at radius 1 is 1.33 bits per heavy atom. The topological polar surface area (TPSA) is 49.3 Å². The number of carboxylic acid groups (broad SMARTS) is 1. The van der Waals surface area contributed by atoms with Crippen LogP contribution in [0.5, 0.6) is 0 Å². The maximum Gasteiger partial charge on any atom is 0.337 e. The molecule has 0 saturated carbocycles. The van der Waals surface area contributed by atoms with Gasteiger partial charge in [0.25, 0.3) is 0 Å². The molecule has 0 unspecified atom stereocenters. The van der Waals surface area contributed by atoms with Gasteiger partial charge in [-0.3, -0.25) is 0 Å². The van der Waals surface area contributed by atoms with Crippen molar-refractivity contribution in [1.82, 2.24) is 0 Å². The highest BCUT2D eigenvalue weighted by Crippen LogP contribution is 2.18. The Balaban J connectivity index is 2.81. The average molecular weight is 207 g/mol. The molecule has 0 aliphatic carbocycles. The Morgan fingerprint density at radius 2 is 1.93 bits per heavy atom. The Labute approximate surface area is 90.1 Å². The van der Waals surface area contributed by atoms with E-state index in [-0.39, 0.29) is 5.41 Å². The molecule has 1 aromatic carbocycles. The second kappa shape index (κ2) is 4.34. The van der Waals surface area contributed by atoms with Gasteiger partial charge in [-0.05, 0) is 17.5 Å². The minimum atomic E-state index is -0.896. The SMILES string of the molecule is CC(C)(C)CNc1ccccc1C(=O)O. The van der Waals surface area contributed by atoms with Crippen molar-refractivity contribution in [2.45, 2.75) is 20.8 Å². The number of carbonyl (C=O) groups is 1. The number of nitrogens with one attached hydrogen (secondary N) is 1. The third-order valence-electron chi connectivity index (χ3n) is 1.97. The maximum atomic E-state index is 10.9. The quantitative estimate of drug-likeness (QED) is 0.801. The summed E-state index contributed by atoms with van der Waals surface area (Å²) in [4.78, 5) is 10.9. The first-order valence-corrected chi connectivity index (χ1v) is 4.96. The normalized spacial score (nSPS) is 11.1. The van der Waals surface area contributed by atoms with E-state index < -0.39 is 5.97 Å². The number of rotatable bonds is 3. The summed E-state index contributed by atoms with van der Waals surface area (Å²) in [6, 6.07) is 6.95. The minimum absolute atomic E-state index is 0.131. The minimum Gasteiger partial charge on any atom is -0.478 e. The molecular formula is C12H17NO2. The van der Waals surface area contributed by atoms with Crippen molar-refractivity contribution >= 4 is 11.7 Å². The standard InChI is InChI=1S/C12H17NO2/c1-12(2,3)8-13-10-7-5-4-6-9(10)11(14)15/h4-7,13H,8H2,1-3H3,(H,14,15). The van der Waals surface area contributed by atoms with Crippen LogP contribution in [0.3, 0.4) is 0 Å². The fourth-order valence-electron chi connectivity index (χ4n) is 1.18. The molecule has 2 N–H and O–H groups in total. The second-order valence-electron chi connectivity index (χ2n) is 4.76. The van der Waals surface area contributed by atoms with Crippen molar-refractivity contribution in [2.24, 2.45) is 5.41 Å². The lowest BCUT2D eigenvalue weighted by molar-refractivity contribution is 0.0698. The van der Waals surface area contributed by atoms with Gasteiger partial charge in [-0.15, -0.1) is 0 Å². The lowest BCUT2D eigenvalue weighted by Crippen LogP contribution is -2.20. The van der Waals surface area contributed by atoms with Crippen molar-refractivity contribution in [3.8, 4) is 0 Å². The number of para-hydroxylation sites is 1. The Kier molecular flexibility index (Phi) is 3.35. The molecule has 0 radical (unpaired) electrons. The molecule has 0 fully saturated rings. The number of anilines is 1. The third-order valence-corrected chi connectivity index (χ3v) is 1.97. The summed E-state index contributed by atoms with van der Waals surface area (Å²) in [6.07, 6.45) is 0. The van der Waals surface area contributed by atoms with E-state index in [0.29, 0.717) is 11.3 Å². The predicted octanol–water partition coefficient (Wildman–Crippen LogP) is 2.84. The molecule has 1 rings (SSSR count). The Bertz CT molecular complexity index is 353. The molecule has 0 aromatic heterocycles. The van der Waals surface area contributed by atoms with Crippen LogP contribution < -0.4 is 5.32 Å². The summed E-state index contributed by atoms with van der Waals surface area (Å²) in [7, 11) is 0. The van der Waals surface area contributed by atoms with Gasteiger partial charge in [-0.2, -0.15) is 0 Å². The van der Waals surface area contributed by atoms with E-state index in [1.54, 1.807) is 18.2 Å². The number of hydrogen-bond donors (Lipinski definition) is 2. The van der Waals surface area contributed by atoms with Crippen LogP contribution in [-0.4, -0.2) is 17.6 Å². The monoisotopic (exact) mass is 207 g/mol. The maximum absolute atomic E-state index is 10.9. The van der Waals surface area contributed by atoms with E-state index in [4.69, 9.17) is 5.11 Å². The van der Waals surface area contributed by atoms with E-state index in [1.165, 1.54) is 0 Å². The van der Waals surface area contributed by atoms with Gasteiger partial charge in [-0.1, -0.05) is 32.9 Å². The molecule has 0 atom stereocenters. The Morgan fingerprint density at radius 3 is 2.47 bits per heavy atom. The van der Waals surface area contributed by atoms with Crippen molar-refractivity contribution in [2.75, 3.05) is 11.9 Å². The van der Waals surface area contributed by atoms with Gasteiger partial charge in [0.15, 0.2) is 0 Å². The van der Waals surface area contributed by atoms with Gasteiger partial charge in [0.05, 0.1) is 5.56 Å². The van der Waals surface area contributed by atoms with Gasteiger partial charge in [0.1, 0.15) is 0 Å². The number of benzene rings is 1. The lowest BCUT2D eigenvalue weighted by Gasteiger charge is -2.20. The molecule has 0 heterocycles. The molecule has 3 heteroatoms. The van der Waals surface area contributed by atoms with E-state index in [9.17, 15) is 4.79 Å². The van der Waals surface area contributed by atoms with Crippen LogP contribution in [0.1, 0.15) is 31.1 Å². The molecule has 1 aromatic rings. The molecule has 0 saturated heterocycles. The van der Waals surface area contributed by atoms with Crippen LogP contribution in [0.4, 0.5) is 5.69 Å². The largest absolute Gasteiger partial charge is 0.478 e. The summed E-state index contributed by atoms with van der Waals surface area (Å²) in [5, 5.41) is 12.1. The molecule has 0 amide bonds. The zero-order valence-electron chi connectivity index (χ0n) is 9.37. The van der Waals surface area contributed by atoms with Gasteiger partial charge in [-0.25, -0.2) is 4.79 Å². The summed E-state index contributed by atoms with van der Waals surface area (Å²) in [6.45, 7) is 7.05. The molecule has 0 bridgehead atoms. The smallest absolute Gasteiger partial charge is 0.337 e. The first-order valence-electron chi connectivity index (χ1n) is 4.96. The molecule has 15 heavy (non-hydrogen) atoms. The molecule has 0 aliphatic heterocycles. The van der Waals surface area contributed by atoms with Crippen molar-refractivity contribution in [3.05, 3.63) is 29.8 Å². The molecule has 0 aliphatic rings. The first-order chi connectivity index (χ1) is 6.90. The molecule has 82 valence electrons. The summed E-state index contributed by atoms with van der Waals surface area (Å²) >= 11 is 0.